The number of benzene rings is 1. The van der Waals surface area contributed by atoms with Crippen LogP contribution in [0.5, 0.6) is 0 Å². The molecular weight excluding hydrogens is 276 g/mol. The van der Waals surface area contributed by atoms with Crippen LogP contribution in [0.4, 0.5) is 0 Å². The van der Waals surface area contributed by atoms with Gasteiger partial charge in [-0.15, -0.1) is 0 Å². The molecule has 0 radical (unpaired) electrons. The fourth-order valence-corrected chi connectivity index (χ4v) is 2.06. The zero-order chi connectivity index (χ0) is 17.0. The molecule has 1 rings (SSSR count). The minimum Gasteiger partial charge on any atom is -0.465 e. The summed E-state index contributed by atoms with van der Waals surface area (Å²) in [6.45, 7) is 12.3. The van der Waals surface area contributed by atoms with E-state index in [1.165, 1.54) is 5.56 Å². The smallest absolute Gasteiger partial charge is 0.311 e. The molecule has 1 aromatic carbocycles. The summed E-state index contributed by atoms with van der Waals surface area (Å²) in [7, 11) is 0. The Kier molecular flexibility index (Phi) is 6.18. The summed E-state index contributed by atoms with van der Waals surface area (Å²) in [5, 5.41) is 9.50. The monoisotopic (exact) mass is 306 g/mol. The second kappa shape index (κ2) is 7.28. The van der Waals surface area contributed by atoms with Crippen LogP contribution in [0.25, 0.3) is 0 Å². The maximum atomic E-state index is 11.8. The van der Waals surface area contributed by atoms with Crippen LogP contribution < -0.4 is 0 Å². The molecule has 124 valence electrons. The Labute approximate surface area is 134 Å². The third-order valence-electron chi connectivity index (χ3n) is 3.67. The molecule has 0 saturated heterocycles. The zero-order valence-corrected chi connectivity index (χ0v) is 14.8. The molecule has 0 spiro atoms. The summed E-state index contributed by atoms with van der Waals surface area (Å²) in [5.41, 5.74) is 2.07. The molecule has 3 nitrogen and oxygen atoms in total. The van der Waals surface area contributed by atoms with Crippen LogP contribution in [0.3, 0.4) is 0 Å². The van der Waals surface area contributed by atoms with Crippen molar-refractivity contribution in [2.75, 3.05) is 13.2 Å². The van der Waals surface area contributed by atoms with Crippen molar-refractivity contribution in [2.45, 2.75) is 53.4 Å². The summed E-state index contributed by atoms with van der Waals surface area (Å²) in [6.07, 6.45) is 0.707. The van der Waals surface area contributed by atoms with Crippen LogP contribution in [0.15, 0.2) is 24.3 Å². The molecule has 1 N–H and O–H groups in total. The van der Waals surface area contributed by atoms with Crippen molar-refractivity contribution in [3.63, 3.8) is 0 Å². The van der Waals surface area contributed by atoms with Crippen LogP contribution >= 0.6 is 0 Å². The SMILES string of the molecule is CC(C)(C)C(=O)OC[C@@H](CO)Cc1ccc(C(C)(C)C)cc1. The maximum absolute atomic E-state index is 11.8. The molecule has 3 heteroatoms. The molecule has 0 aliphatic carbocycles. The van der Waals surface area contributed by atoms with Gasteiger partial charge in [0.15, 0.2) is 0 Å². The molecule has 22 heavy (non-hydrogen) atoms. The van der Waals surface area contributed by atoms with E-state index in [-0.39, 0.29) is 30.5 Å². The Morgan fingerprint density at radius 1 is 1.09 bits per heavy atom. The van der Waals surface area contributed by atoms with Crippen LogP contribution in [0, 0.1) is 11.3 Å². The second-order valence-electron chi connectivity index (χ2n) is 8.05. The number of aliphatic hydroxyl groups excluding tert-OH is 1. The van der Waals surface area contributed by atoms with E-state index in [0.717, 1.165) is 5.56 Å². The predicted molar refractivity (Wildman–Crippen MR) is 89.8 cm³/mol. The largest absolute Gasteiger partial charge is 0.465 e. The van der Waals surface area contributed by atoms with Crippen LogP contribution in [-0.4, -0.2) is 24.3 Å². The molecule has 1 atom stereocenters. The number of carbonyl (C=O) groups is 1. The van der Waals surface area contributed by atoms with Crippen molar-refractivity contribution >= 4 is 5.97 Å². The van der Waals surface area contributed by atoms with Crippen LogP contribution in [0.1, 0.15) is 52.7 Å². The van der Waals surface area contributed by atoms with Gasteiger partial charge >= 0.3 is 5.97 Å². The van der Waals surface area contributed by atoms with Crippen molar-refractivity contribution in [3.8, 4) is 0 Å². The van der Waals surface area contributed by atoms with E-state index in [9.17, 15) is 9.90 Å². The normalized spacial score (nSPS) is 13.8. The lowest BCUT2D eigenvalue weighted by molar-refractivity contribution is -0.154. The molecule has 0 bridgehead atoms. The van der Waals surface area contributed by atoms with E-state index in [2.05, 4.69) is 45.0 Å². The molecule has 1 aromatic rings. The van der Waals surface area contributed by atoms with E-state index in [0.29, 0.717) is 6.42 Å². The Morgan fingerprint density at radius 3 is 2.05 bits per heavy atom. The molecule has 0 heterocycles. The third-order valence-corrected chi connectivity index (χ3v) is 3.67. The molecule has 0 aromatic heterocycles. The Hall–Kier alpha value is -1.35. The van der Waals surface area contributed by atoms with Gasteiger partial charge in [-0.25, -0.2) is 0 Å². The van der Waals surface area contributed by atoms with Crippen molar-refractivity contribution in [1.29, 1.82) is 0 Å². The summed E-state index contributed by atoms with van der Waals surface area (Å²) in [5.74, 6) is -0.291. The third kappa shape index (κ3) is 5.80. The average Bonchev–Trinajstić information content (AvgIpc) is 2.41. The zero-order valence-electron chi connectivity index (χ0n) is 14.8. The van der Waals surface area contributed by atoms with Crippen LogP contribution in [0.2, 0.25) is 0 Å². The highest BCUT2D eigenvalue weighted by atomic mass is 16.5. The van der Waals surface area contributed by atoms with Crippen molar-refractivity contribution in [1.82, 2.24) is 0 Å². The molecule has 0 aliphatic rings. The number of aliphatic hydroxyl groups is 1. The number of hydrogen-bond acceptors (Lipinski definition) is 3. The lowest BCUT2D eigenvalue weighted by Crippen LogP contribution is -2.27. The van der Waals surface area contributed by atoms with E-state index in [1.807, 2.05) is 20.8 Å². The van der Waals surface area contributed by atoms with Gasteiger partial charge in [-0.2, -0.15) is 0 Å². The number of carbonyl (C=O) groups excluding carboxylic acids is 1. The first-order valence-electron chi connectivity index (χ1n) is 7.91. The summed E-state index contributed by atoms with van der Waals surface area (Å²) in [6, 6.07) is 8.44. The van der Waals surface area contributed by atoms with E-state index in [4.69, 9.17) is 4.74 Å². The first-order chi connectivity index (χ1) is 10.0. The molecular formula is C19H30O3. The standard InChI is InChI=1S/C19H30O3/c1-18(2,3)16-9-7-14(8-10-16)11-15(12-20)13-22-17(21)19(4,5)6/h7-10,15,20H,11-13H2,1-6H3/t15-/m1/s1. The first-order valence-corrected chi connectivity index (χ1v) is 7.91. The van der Waals surface area contributed by atoms with Gasteiger partial charge in [-0.05, 0) is 43.7 Å². The van der Waals surface area contributed by atoms with Crippen LogP contribution in [-0.2, 0) is 21.4 Å². The van der Waals surface area contributed by atoms with Crippen molar-refractivity contribution < 1.29 is 14.6 Å². The highest BCUT2D eigenvalue weighted by Crippen LogP contribution is 2.23. The lowest BCUT2D eigenvalue weighted by Gasteiger charge is -2.21. The van der Waals surface area contributed by atoms with Gasteiger partial charge in [0.25, 0.3) is 0 Å². The first kappa shape index (κ1) is 18.7. The summed E-state index contributed by atoms with van der Waals surface area (Å²) >= 11 is 0. The van der Waals surface area contributed by atoms with Gasteiger partial charge in [-0.1, -0.05) is 45.0 Å². The number of hydrogen-bond donors (Lipinski definition) is 1. The molecule has 0 unspecified atom stereocenters. The van der Waals surface area contributed by atoms with Gasteiger partial charge in [0.2, 0.25) is 0 Å². The highest BCUT2D eigenvalue weighted by molar-refractivity contribution is 5.75. The number of ether oxygens (including phenoxy) is 1. The molecule has 0 aliphatic heterocycles. The average molecular weight is 306 g/mol. The molecule has 0 fully saturated rings. The minimum atomic E-state index is -0.506. The predicted octanol–water partition coefficient (Wildman–Crippen LogP) is 3.72. The Morgan fingerprint density at radius 2 is 1.64 bits per heavy atom. The topological polar surface area (TPSA) is 46.5 Å². The second-order valence-corrected chi connectivity index (χ2v) is 8.05. The quantitative estimate of drug-likeness (QED) is 0.843. The maximum Gasteiger partial charge on any atom is 0.311 e. The summed E-state index contributed by atoms with van der Waals surface area (Å²) in [4.78, 5) is 11.8. The fraction of sp³-hybridized carbons (Fsp3) is 0.632. The fourth-order valence-electron chi connectivity index (χ4n) is 2.06. The number of esters is 1. The minimum absolute atomic E-state index is 0.0123. The highest BCUT2D eigenvalue weighted by Gasteiger charge is 2.24. The number of rotatable bonds is 5. The van der Waals surface area contributed by atoms with E-state index >= 15 is 0 Å². The molecule has 0 saturated carbocycles. The lowest BCUT2D eigenvalue weighted by atomic mass is 9.86. The van der Waals surface area contributed by atoms with Gasteiger partial charge in [0, 0.05) is 12.5 Å². The van der Waals surface area contributed by atoms with Gasteiger partial charge in [-0.3, -0.25) is 4.79 Å². The summed E-state index contributed by atoms with van der Waals surface area (Å²) < 4.78 is 5.31. The molecule has 0 amide bonds. The van der Waals surface area contributed by atoms with Gasteiger partial charge < -0.3 is 9.84 Å². The van der Waals surface area contributed by atoms with Crippen molar-refractivity contribution in [3.05, 3.63) is 35.4 Å². The van der Waals surface area contributed by atoms with Gasteiger partial charge in [0.1, 0.15) is 0 Å². The van der Waals surface area contributed by atoms with Crippen molar-refractivity contribution in [2.24, 2.45) is 11.3 Å². The van der Waals surface area contributed by atoms with E-state index in [1.54, 1.807) is 0 Å². The Balaban J connectivity index is 2.61. The Bertz CT molecular complexity index is 475. The van der Waals surface area contributed by atoms with Gasteiger partial charge in [0.05, 0.1) is 12.0 Å². The van der Waals surface area contributed by atoms with E-state index < -0.39 is 5.41 Å².